The molecule has 0 radical (unpaired) electrons. The predicted molar refractivity (Wildman–Crippen MR) is 78.1 cm³/mol. The second-order valence-electron chi connectivity index (χ2n) is 4.67. The number of benzene rings is 2. The summed E-state index contributed by atoms with van der Waals surface area (Å²) in [5, 5.41) is 3.80. The van der Waals surface area contributed by atoms with Gasteiger partial charge in [-0.3, -0.25) is 0 Å². The minimum atomic E-state index is -0.556. The van der Waals surface area contributed by atoms with Crippen molar-refractivity contribution in [2.45, 2.75) is 19.9 Å². The Bertz CT molecular complexity index is 613. The van der Waals surface area contributed by atoms with Crippen molar-refractivity contribution in [1.29, 1.82) is 0 Å². The molecule has 2 aromatic carbocycles. The molecule has 4 heteroatoms. The highest BCUT2D eigenvalue weighted by molar-refractivity contribution is 6.30. The Morgan fingerprint density at radius 1 is 1.15 bits per heavy atom. The average molecular weight is 296 g/mol. The van der Waals surface area contributed by atoms with Crippen molar-refractivity contribution in [2.75, 3.05) is 6.54 Å². The molecule has 0 spiro atoms. The molecule has 106 valence electrons. The van der Waals surface area contributed by atoms with Gasteiger partial charge in [0.1, 0.15) is 11.6 Å². The zero-order valence-corrected chi connectivity index (χ0v) is 12.1. The van der Waals surface area contributed by atoms with Gasteiger partial charge in [0.25, 0.3) is 0 Å². The topological polar surface area (TPSA) is 12.0 Å². The first kappa shape index (κ1) is 14.9. The van der Waals surface area contributed by atoms with Gasteiger partial charge in [-0.05, 0) is 42.8 Å². The highest BCUT2D eigenvalue weighted by atomic mass is 35.5. The summed E-state index contributed by atoms with van der Waals surface area (Å²) in [7, 11) is 0. The van der Waals surface area contributed by atoms with Crippen LogP contribution >= 0.6 is 11.6 Å². The van der Waals surface area contributed by atoms with Crippen LogP contribution in [0.1, 0.15) is 29.7 Å². The van der Waals surface area contributed by atoms with E-state index < -0.39 is 11.6 Å². The van der Waals surface area contributed by atoms with Gasteiger partial charge in [-0.25, -0.2) is 8.78 Å². The lowest BCUT2D eigenvalue weighted by molar-refractivity contribution is 0.537. The maximum absolute atomic E-state index is 14.1. The molecule has 0 aromatic heterocycles. The van der Waals surface area contributed by atoms with Crippen LogP contribution < -0.4 is 5.32 Å². The fourth-order valence-corrected chi connectivity index (χ4v) is 2.40. The van der Waals surface area contributed by atoms with Crippen molar-refractivity contribution in [1.82, 2.24) is 5.32 Å². The molecule has 0 saturated heterocycles. The Morgan fingerprint density at radius 2 is 1.90 bits per heavy atom. The normalized spacial score (nSPS) is 12.4. The molecule has 1 unspecified atom stereocenters. The van der Waals surface area contributed by atoms with E-state index in [9.17, 15) is 8.78 Å². The Morgan fingerprint density at radius 3 is 2.55 bits per heavy atom. The lowest BCUT2D eigenvalue weighted by Gasteiger charge is -2.20. The smallest absolute Gasteiger partial charge is 0.131 e. The van der Waals surface area contributed by atoms with Crippen molar-refractivity contribution in [3.63, 3.8) is 0 Å². The van der Waals surface area contributed by atoms with Crippen LogP contribution in [0.15, 0.2) is 36.4 Å². The molecule has 0 fully saturated rings. The van der Waals surface area contributed by atoms with Crippen LogP contribution in [-0.4, -0.2) is 6.54 Å². The van der Waals surface area contributed by atoms with E-state index in [1.165, 1.54) is 0 Å². The lowest BCUT2D eigenvalue weighted by atomic mass is 9.96. The first-order chi connectivity index (χ1) is 9.52. The Balaban J connectivity index is 2.51. The van der Waals surface area contributed by atoms with Crippen molar-refractivity contribution in [3.8, 4) is 0 Å². The van der Waals surface area contributed by atoms with E-state index in [2.05, 4.69) is 5.32 Å². The van der Waals surface area contributed by atoms with Gasteiger partial charge in [0.15, 0.2) is 0 Å². The van der Waals surface area contributed by atoms with Gasteiger partial charge in [0, 0.05) is 16.7 Å². The van der Waals surface area contributed by atoms with Gasteiger partial charge < -0.3 is 5.32 Å². The standard InChI is InChI=1S/C16H16ClF2N/c1-3-20-16(11-5-4-6-12(17)8-11)13-7-10(2)14(18)9-15(13)19/h4-9,16,20H,3H2,1-2H3. The number of halogens is 3. The second-order valence-corrected chi connectivity index (χ2v) is 5.11. The lowest BCUT2D eigenvalue weighted by Crippen LogP contribution is -2.23. The summed E-state index contributed by atoms with van der Waals surface area (Å²) >= 11 is 5.99. The summed E-state index contributed by atoms with van der Waals surface area (Å²) in [5.41, 5.74) is 1.70. The Hall–Kier alpha value is -1.45. The number of rotatable bonds is 4. The third kappa shape index (κ3) is 3.17. The van der Waals surface area contributed by atoms with Crippen molar-refractivity contribution in [2.24, 2.45) is 0 Å². The van der Waals surface area contributed by atoms with Crippen LogP contribution in [-0.2, 0) is 0 Å². The summed E-state index contributed by atoms with van der Waals surface area (Å²) in [6.07, 6.45) is 0. The van der Waals surface area contributed by atoms with Gasteiger partial charge in [0.05, 0.1) is 6.04 Å². The molecule has 0 aliphatic rings. The van der Waals surface area contributed by atoms with E-state index >= 15 is 0 Å². The molecular weight excluding hydrogens is 280 g/mol. The Kier molecular flexibility index (Phi) is 4.73. The Labute approximate surface area is 122 Å². The van der Waals surface area contributed by atoms with E-state index in [4.69, 9.17) is 11.6 Å². The van der Waals surface area contributed by atoms with Gasteiger partial charge in [-0.1, -0.05) is 30.7 Å². The largest absolute Gasteiger partial charge is 0.306 e. The van der Waals surface area contributed by atoms with E-state index in [-0.39, 0.29) is 6.04 Å². The van der Waals surface area contributed by atoms with Crippen molar-refractivity contribution < 1.29 is 8.78 Å². The first-order valence-electron chi connectivity index (χ1n) is 6.47. The molecular formula is C16H16ClF2N. The minimum Gasteiger partial charge on any atom is -0.306 e. The van der Waals surface area contributed by atoms with E-state index in [0.717, 1.165) is 11.6 Å². The highest BCUT2D eigenvalue weighted by Crippen LogP contribution is 2.28. The minimum absolute atomic E-state index is 0.349. The average Bonchev–Trinajstić information content (AvgIpc) is 2.40. The van der Waals surface area contributed by atoms with Gasteiger partial charge >= 0.3 is 0 Å². The van der Waals surface area contributed by atoms with Crippen molar-refractivity contribution >= 4 is 11.6 Å². The fraction of sp³-hybridized carbons (Fsp3) is 0.250. The molecule has 0 bridgehead atoms. The number of aryl methyl sites for hydroxylation is 1. The molecule has 0 aliphatic carbocycles. The highest BCUT2D eigenvalue weighted by Gasteiger charge is 2.19. The molecule has 0 saturated carbocycles. The van der Waals surface area contributed by atoms with Crippen LogP contribution in [0.3, 0.4) is 0 Å². The maximum Gasteiger partial charge on any atom is 0.131 e. The molecule has 1 nitrogen and oxygen atoms in total. The predicted octanol–water partition coefficient (Wildman–Crippen LogP) is 4.63. The zero-order valence-electron chi connectivity index (χ0n) is 11.4. The van der Waals surface area contributed by atoms with Crippen LogP contribution in [0.5, 0.6) is 0 Å². The molecule has 1 atom stereocenters. The van der Waals surface area contributed by atoms with E-state index in [1.54, 1.807) is 25.1 Å². The molecule has 0 aliphatic heterocycles. The number of hydrogen-bond acceptors (Lipinski definition) is 1. The molecule has 0 heterocycles. The molecule has 1 N–H and O–H groups in total. The van der Waals surface area contributed by atoms with Crippen molar-refractivity contribution in [3.05, 3.63) is 69.7 Å². The number of nitrogens with one attached hydrogen (secondary N) is 1. The summed E-state index contributed by atoms with van der Waals surface area (Å²) in [6, 6.07) is 9.36. The summed E-state index contributed by atoms with van der Waals surface area (Å²) in [4.78, 5) is 0. The maximum atomic E-state index is 14.1. The van der Waals surface area contributed by atoms with Crippen LogP contribution in [0.4, 0.5) is 8.78 Å². The quantitative estimate of drug-likeness (QED) is 0.867. The van der Waals surface area contributed by atoms with Crippen LogP contribution in [0.2, 0.25) is 5.02 Å². The zero-order chi connectivity index (χ0) is 14.7. The SMILES string of the molecule is CCNC(c1cccc(Cl)c1)c1cc(C)c(F)cc1F. The van der Waals surface area contributed by atoms with Gasteiger partial charge in [-0.2, -0.15) is 0 Å². The molecule has 2 rings (SSSR count). The second kappa shape index (κ2) is 6.33. The summed E-state index contributed by atoms with van der Waals surface area (Å²) < 4.78 is 27.5. The molecule has 2 aromatic rings. The van der Waals surface area contributed by atoms with E-state index in [0.29, 0.717) is 22.7 Å². The van der Waals surface area contributed by atoms with Crippen LogP contribution in [0.25, 0.3) is 0 Å². The third-order valence-electron chi connectivity index (χ3n) is 3.18. The number of hydrogen-bond donors (Lipinski definition) is 1. The van der Waals surface area contributed by atoms with Gasteiger partial charge in [-0.15, -0.1) is 0 Å². The van der Waals surface area contributed by atoms with Gasteiger partial charge in [0.2, 0.25) is 0 Å². The van der Waals surface area contributed by atoms with Crippen LogP contribution in [0, 0.1) is 18.6 Å². The summed E-state index contributed by atoms with van der Waals surface area (Å²) in [5.74, 6) is -1.09. The first-order valence-corrected chi connectivity index (χ1v) is 6.85. The van der Waals surface area contributed by atoms with E-state index in [1.807, 2.05) is 19.1 Å². The summed E-state index contributed by atoms with van der Waals surface area (Å²) in [6.45, 7) is 4.22. The monoisotopic (exact) mass is 295 g/mol. The third-order valence-corrected chi connectivity index (χ3v) is 3.41. The fourth-order valence-electron chi connectivity index (χ4n) is 2.20. The molecule has 20 heavy (non-hydrogen) atoms. The molecule has 0 amide bonds.